The van der Waals surface area contributed by atoms with E-state index >= 15 is 0 Å². The lowest BCUT2D eigenvalue weighted by molar-refractivity contribution is -0.137. The summed E-state index contributed by atoms with van der Waals surface area (Å²) in [6.45, 7) is 3.91. The van der Waals surface area contributed by atoms with E-state index in [0.29, 0.717) is 5.17 Å². The van der Waals surface area contributed by atoms with Crippen molar-refractivity contribution in [2.45, 2.75) is 44.4 Å². The first kappa shape index (κ1) is 19.9. The number of anilines is 1. The van der Waals surface area contributed by atoms with Crippen molar-refractivity contribution in [1.82, 2.24) is 0 Å². The highest BCUT2D eigenvalue weighted by molar-refractivity contribution is 8.16. The van der Waals surface area contributed by atoms with Crippen molar-refractivity contribution in [3.63, 3.8) is 0 Å². The predicted octanol–water partition coefficient (Wildman–Crippen LogP) is 2.16. The number of carbonyl (C=O) groups is 2. The fourth-order valence-corrected chi connectivity index (χ4v) is 7.48. The number of carboxylic acids is 1. The Morgan fingerprint density at radius 1 is 1.22 bits per heavy atom. The molecule has 0 bridgehead atoms. The number of hydrogen-bond donors (Lipinski definition) is 1. The first-order valence-electron chi connectivity index (χ1n) is 8.74. The van der Waals surface area contributed by atoms with Gasteiger partial charge in [0.1, 0.15) is 0 Å². The summed E-state index contributed by atoms with van der Waals surface area (Å²) in [5.74, 6) is -1.19. The number of amides is 1. The van der Waals surface area contributed by atoms with Gasteiger partial charge in [0.2, 0.25) is 5.91 Å². The van der Waals surface area contributed by atoms with Crippen LogP contribution in [0.4, 0.5) is 5.69 Å². The Labute approximate surface area is 162 Å². The molecule has 2 atom stereocenters. The van der Waals surface area contributed by atoms with Gasteiger partial charge in [-0.25, -0.2) is 8.42 Å². The molecule has 0 radical (unpaired) electrons. The van der Waals surface area contributed by atoms with Gasteiger partial charge in [-0.2, -0.15) is 4.99 Å². The van der Waals surface area contributed by atoms with Crippen LogP contribution >= 0.6 is 11.8 Å². The molecule has 0 unspecified atom stereocenters. The number of carbonyl (C=O) groups excluding carboxylic acids is 1. The maximum absolute atomic E-state index is 12.2. The van der Waals surface area contributed by atoms with Gasteiger partial charge in [0.25, 0.3) is 0 Å². The van der Waals surface area contributed by atoms with Gasteiger partial charge in [-0.15, -0.1) is 0 Å². The Morgan fingerprint density at radius 3 is 2.52 bits per heavy atom. The minimum absolute atomic E-state index is 0.0463. The van der Waals surface area contributed by atoms with Crippen LogP contribution in [0, 0.1) is 13.8 Å². The Bertz CT molecular complexity index is 890. The number of thioether (sulfide) groups is 1. The number of benzene rings is 1. The molecule has 1 N–H and O–H groups in total. The molecular formula is C18H22N2O5S2. The Kier molecular flexibility index (Phi) is 5.62. The molecule has 0 aromatic heterocycles. The van der Waals surface area contributed by atoms with Gasteiger partial charge >= 0.3 is 5.97 Å². The maximum Gasteiger partial charge on any atom is 0.303 e. The summed E-state index contributed by atoms with van der Waals surface area (Å²) in [5, 5.41) is 9.06. The van der Waals surface area contributed by atoms with Crippen LogP contribution in [0.3, 0.4) is 0 Å². The predicted molar refractivity (Wildman–Crippen MR) is 106 cm³/mol. The van der Waals surface area contributed by atoms with Crippen molar-refractivity contribution in [1.29, 1.82) is 0 Å². The van der Waals surface area contributed by atoms with E-state index in [-0.39, 0.29) is 48.0 Å². The number of aliphatic carboxylic acids is 1. The third-order valence-electron chi connectivity index (χ3n) is 4.75. The molecule has 146 valence electrons. The summed E-state index contributed by atoms with van der Waals surface area (Å²) in [5.41, 5.74) is 2.88. The molecule has 1 amide bonds. The number of amidine groups is 1. The van der Waals surface area contributed by atoms with Crippen LogP contribution in [0.2, 0.25) is 0 Å². The van der Waals surface area contributed by atoms with Crippen molar-refractivity contribution in [2.24, 2.45) is 4.99 Å². The number of aliphatic imine (C=N–C) groups is 1. The fourth-order valence-electron chi connectivity index (χ4n) is 3.57. The van der Waals surface area contributed by atoms with Crippen molar-refractivity contribution in [2.75, 3.05) is 16.4 Å². The summed E-state index contributed by atoms with van der Waals surface area (Å²) in [7, 11) is -3.12. The van der Waals surface area contributed by atoms with Crippen molar-refractivity contribution in [3.8, 4) is 0 Å². The Hall–Kier alpha value is -1.87. The summed E-state index contributed by atoms with van der Waals surface area (Å²) in [4.78, 5) is 29.0. The maximum atomic E-state index is 12.2. The standard InChI is InChI=1S/C18H22N2O5S2/c1-11-5-3-6-12(2)17(11)20-13-9-27(24,25)10-14(13)26-18(20)19-15(21)7-4-8-16(22)23/h3,5-6,13-14H,4,7-10H2,1-2H3,(H,22,23)/t13-,14+/m1/s1. The number of sulfone groups is 1. The lowest BCUT2D eigenvalue weighted by Gasteiger charge is -2.27. The zero-order valence-electron chi connectivity index (χ0n) is 15.2. The Morgan fingerprint density at radius 2 is 1.89 bits per heavy atom. The molecule has 2 aliphatic heterocycles. The number of nitrogens with zero attached hydrogens (tertiary/aromatic N) is 2. The molecule has 7 nitrogen and oxygen atoms in total. The van der Waals surface area contributed by atoms with Gasteiger partial charge in [-0.3, -0.25) is 9.59 Å². The second-order valence-corrected chi connectivity index (χ2v) is 10.3. The van der Waals surface area contributed by atoms with E-state index in [2.05, 4.69) is 4.99 Å². The van der Waals surface area contributed by atoms with Crippen LogP contribution in [-0.2, 0) is 19.4 Å². The smallest absolute Gasteiger partial charge is 0.303 e. The number of rotatable bonds is 5. The molecule has 1 aromatic carbocycles. The van der Waals surface area contributed by atoms with Crippen molar-refractivity contribution in [3.05, 3.63) is 29.3 Å². The van der Waals surface area contributed by atoms with Gasteiger partial charge in [-0.1, -0.05) is 30.0 Å². The van der Waals surface area contributed by atoms with Crippen LogP contribution in [0.5, 0.6) is 0 Å². The lowest BCUT2D eigenvalue weighted by atomic mass is 10.1. The summed E-state index contributed by atoms with van der Waals surface area (Å²) < 4.78 is 24.2. The minimum Gasteiger partial charge on any atom is -0.481 e. The third-order valence-corrected chi connectivity index (χ3v) is 7.96. The van der Waals surface area contributed by atoms with Gasteiger partial charge in [0, 0.05) is 23.8 Å². The van der Waals surface area contributed by atoms with E-state index in [1.807, 2.05) is 36.9 Å². The largest absolute Gasteiger partial charge is 0.481 e. The molecule has 1 aromatic rings. The fraction of sp³-hybridized carbons (Fsp3) is 0.500. The van der Waals surface area contributed by atoms with E-state index in [0.717, 1.165) is 16.8 Å². The van der Waals surface area contributed by atoms with E-state index in [4.69, 9.17) is 5.11 Å². The van der Waals surface area contributed by atoms with Gasteiger partial charge < -0.3 is 10.0 Å². The average molecular weight is 411 g/mol. The highest BCUT2D eigenvalue weighted by Gasteiger charge is 2.49. The molecule has 27 heavy (non-hydrogen) atoms. The average Bonchev–Trinajstić information content (AvgIpc) is 2.99. The molecule has 0 spiro atoms. The zero-order valence-corrected chi connectivity index (χ0v) is 16.8. The van der Waals surface area contributed by atoms with Crippen molar-refractivity contribution < 1.29 is 23.1 Å². The van der Waals surface area contributed by atoms with Gasteiger partial charge in [0.15, 0.2) is 15.0 Å². The van der Waals surface area contributed by atoms with E-state index in [1.54, 1.807) is 0 Å². The number of aryl methyl sites for hydroxylation is 2. The van der Waals surface area contributed by atoms with Crippen LogP contribution in [0.15, 0.2) is 23.2 Å². The summed E-state index contributed by atoms with van der Waals surface area (Å²) >= 11 is 1.33. The highest BCUT2D eigenvalue weighted by Crippen LogP contribution is 2.43. The van der Waals surface area contributed by atoms with E-state index < -0.39 is 15.8 Å². The molecule has 9 heteroatoms. The normalized spacial score (nSPS) is 25.0. The second kappa shape index (κ2) is 7.63. The van der Waals surface area contributed by atoms with E-state index in [9.17, 15) is 18.0 Å². The first-order chi connectivity index (χ1) is 12.7. The van der Waals surface area contributed by atoms with Crippen LogP contribution in [-0.4, -0.2) is 53.4 Å². The molecule has 2 saturated heterocycles. The van der Waals surface area contributed by atoms with Crippen molar-refractivity contribution >= 4 is 44.3 Å². The highest BCUT2D eigenvalue weighted by atomic mass is 32.2. The molecule has 2 fully saturated rings. The molecular weight excluding hydrogens is 388 g/mol. The zero-order chi connectivity index (χ0) is 19.8. The SMILES string of the molecule is Cc1cccc(C)c1N1C(=NC(=O)CCCC(=O)O)S[C@H]2CS(=O)(=O)C[C@H]21. The number of fused-ring (bicyclic) bond motifs is 1. The second-order valence-electron chi connectivity index (χ2n) is 6.95. The lowest BCUT2D eigenvalue weighted by Crippen LogP contribution is -2.38. The topological polar surface area (TPSA) is 104 Å². The van der Waals surface area contributed by atoms with Crippen LogP contribution in [0.25, 0.3) is 0 Å². The van der Waals surface area contributed by atoms with Gasteiger partial charge in [-0.05, 0) is 31.4 Å². The quantitative estimate of drug-likeness (QED) is 0.793. The summed E-state index contributed by atoms with van der Waals surface area (Å²) in [6.07, 6.45) is 0.221. The molecule has 2 aliphatic rings. The molecule has 3 rings (SSSR count). The first-order valence-corrected chi connectivity index (χ1v) is 11.4. The molecule has 2 heterocycles. The minimum atomic E-state index is -3.12. The molecule has 0 saturated carbocycles. The number of hydrogen-bond acceptors (Lipinski definition) is 5. The number of para-hydroxylation sites is 1. The molecule has 0 aliphatic carbocycles. The Balaban J connectivity index is 1.92. The van der Waals surface area contributed by atoms with Crippen LogP contribution in [0.1, 0.15) is 30.4 Å². The monoisotopic (exact) mass is 410 g/mol. The van der Waals surface area contributed by atoms with E-state index in [1.165, 1.54) is 11.8 Å². The third kappa shape index (κ3) is 4.35. The van der Waals surface area contributed by atoms with Crippen LogP contribution < -0.4 is 4.90 Å². The van der Waals surface area contributed by atoms with Gasteiger partial charge in [0.05, 0.1) is 17.5 Å². The summed E-state index contributed by atoms with van der Waals surface area (Å²) in [6, 6.07) is 5.60. The number of carboxylic acid groups (broad SMARTS) is 1.